The number of carbonyl (C=O) groups excluding carboxylic acids is 1. The first-order valence-corrected chi connectivity index (χ1v) is 10.6. The van der Waals surface area contributed by atoms with Crippen molar-refractivity contribution in [1.29, 1.82) is 5.26 Å². The minimum absolute atomic E-state index is 0.00610. The summed E-state index contributed by atoms with van der Waals surface area (Å²) in [4.78, 5) is 24.9. The molecule has 8 nitrogen and oxygen atoms in total. The number of halogens is 2. The SMILES string of the molecule is C#C[C@H](C)Oc1cnc(C(=O)Nc2cc(F)c(F)c([C@@]3(C)N=C(N)S[C@@]4(C#N)CC43)c2)cn1. The van der Waals surface area contributed by atoms with Crippen LogP contribution in [0, 0.1) is 41.2 Å². The van der Waals surface area contributed by atoms with E-state index >= 15 is 0 Å². The summed E-state index contributed by atoms with van der Waals surface area (Å²) in [6.07, 6.45) is 7.55. The fourth-order valence-corrected chi connectivity index (χ4v) is 5.13. The molecule has 1 aliphatic carbocycles. The van der Waals surface area contributed by atoms with Crippen LogP contribution in [-0.4, -0.2) is 31.9 Å². The molecule has 1 aromatic heterocycles. The van der Waals surface area contributed by atoms with Gasteiger partial charge >= 0.3 is 0 Å². The van der Waals surface area contributed by atoms with Gasteiger partial charge in [0.2, 0.25) is 5.88 Å². The van der Waals surface area contributed by atoms with Crippen molar-refractivity contribution in [3.05, 3.63) is 47.4 Å². The first kappa shape index (κ1) is 22.5. The number of aromatic nitrogens is 2. The Bertz CT molecular complexity index is 1260. The Hall–Kier alpha value is -3.70. The number of amidine groups is 1. The second kappa shape index (κ2) is 8.01. The number of benzene rings is 1. The number of aliphatic imine (C=N–C) groups is 1. The zero-order valence-electron chi connectivity index (χ0n) is 17.6. The third-order valence-electron chi connectivity index (χ3n) is 5.63. The van der Waals surface area contributed by atoms with Gasteiger partial charge in [0.15, 0.2) is 22.9 Å². The second-order valence-corrected chi connectivity index (χ2v) is 9.25. The fourth-order valence-electron chi connectivity index (χ4n) is 3.85. The van der Waals surface area contributed by atoms with Crippen LogP contribution in [0.1, 0.15) is 36.3 Å². The first-order valence-electron chi connectivity index (χ1n) is 9.83. The molecule has 0 radical (unpaired) electrons. The maximum atomic E-state index is 14.9. The molecule has 2 aromatic rings. The molecular weight excluding hydrogens is 450 g/mol. The van der Waals surface area contributed by atoms with Gasteiger partial charge in [-0.2, -0.15) is 5.26 Å². The van der Waals surface area contributed by atoms with Crippen LogP contribution >= 0.6 is 11.8 Å². The third kappa shape index (κ3) is 3.96. The van der Waals surface area contributed by atoms with Crippen LogP contribution in [0.4, 0.5) is 14.5 Å². The fraction of sp³-hybridized carbons (Fsp3) is 0.318. The molecule has 1 aromatic carbocycles. The van der Waals surface area contributed by atoms with Crippen molar-refractivity contribution >= 4 is 28.5 Å². The Morgan fingerprint density at radius 1 is 1.42 bits per heavy atom. The molecule has 1 aliphatic heterocycles. The molecule has 2 heterocycles. The van der Waals surface area contributed by atoms with E-state index < -0.39 is 33.9 Å². The maximum absolute atomic E-state index is 14.9. The van der Waals surface area contributed by atoms with Gasteiger partial charge in [0, 0.05) is 23.2 Å². The summed E-state index contributed by atoms with van der Waals surface area (Å²) in [5.74, 6) is -0.816. The number of hydrogen-bond acceptors (Lipinski definition) is 8. The van der Waals surface area contributed by atoms with Crippen LogP contribution in [-0.2, 0) is 5.54 Å². The normalized spacial score (nSPS) is 26.1. The number of fused-ring (bicyclic) bond motifs is 1. The highest BCUT2D eigenvalue weighted by Gasteiger charge is 2.67. The van der Waals surface area contributed by atoms with E-state index in [0.717, 1.165) is 17.8 Å². The average molecular weight is 468 g/mol. The van der Waals surface area contributed by atoms with E-state index in [2.05, 4.69) is 32.3 Å². The molecular formula is C22H18F2N6O2S. The minimum atomic E-state index is -1.26. The number of amides is 1. The molecule has 2 aliphatic rings. The van der Waals surface area contributed by atoms with Crippen molar-refractivity contribution in [1.82, 2.24) is 9.97 Å². The van der Waals surface area contributed by atoms with Gasteiger partial charge in [0.25, 0.3) is 5.91 Å². The van der Waals surface area contributed by atoms with Gasteiger partial charge in [0.05, 0.1) is 24.0 Å². The number of nitrogens with zero attached hydrogens (tertiary/aromatic N) is 4. The quantitative estimate of drug-likeness (QED) is 0.646. The summed E-state index contributed by atoms with van der Waals surface area (Å²) in [7, 11) is 0. The lowest BCUT2D eigenvalue weighted by molar-refractivity contribution is 0.102. The molecule has 3 N–H and O–H groups in total. The lowest BCUT2D eigenvalue weighted by atomic mass is 9.85. The number of nitrogens with two attached hydrogens (primary N) is 1. The molecule has 1 amide bonds. The molecule has 11 heteroatoms. The second-order valence-electron chi connectivity index (χ2n) is 7.90. The molecule has 0 bridgehead atoms. The standard InChI is InChI=1S/C22H18F2N6O2S/c1-4-11(2)32-17-9-27-15(8-28-17)19(31)29-12-5-13(18(24)14(23)6-12)21(3)16-7-22(16,10-25)33-20(26)30-21/h1,5-6,8-9,11,16H,7H2,2-3H3,(H2,26,30)(H,29,31)/t11-,16?,21+,22+/m0/s1. The molecule has 4 atom stereocenters. The van der Waals surface area contributed by atoms with Crippen molar-refractivity contribution in [3.8, 4) is 24.3 Å². The van der Waals surface area contributed by atoms with Crippen molar-refractivity contribution in [2.24, 2.45) is 16.6 Å². The van der Waals surface area contributed by atoms with Gasteiger partial charge in [-0.1, -0.05) is 17.7 Å². The number of terminal acetylenes is 1. The Morgan fingerprint density at radius 2 is 2.18 bits per heavy atom. The van der Waals surface area contributed by atoms with Gasteiger partial charge in [-0.05, 0) is 26.3 Å². The third-order valence-corrected chi connectivity index (χ3v) is 6.84. The zero-order chi connectivity index (χ0) is 24.0. The predicted octanol–water partition coefficient (Wildman–Crippen LogP) is 2.97. The number of anilines is 1. The molecule has 4 rings (SSSR count). The number of hydrogen-bond donors (Lipinski definition) is 2. The van der Waals surface area contributed by atoms with E-state index in [1.807, 2.05) is 0 Å². The average Bonchev–Trinajstić information content (AvgIpc) is 3.52. The number of rotatable bonds is 5. The summed E-state index contributed by atoms with van der Waals surface area (Å²) in [5.41, 5.74) is 4.46. The number of carbonyl (C=O) groups is 1. The number of nitrogens with one attached hydrogen (secondary N) is 1. The van der Waals surface area contributed by atoms with Gasteiger partial charge < -0.3 is 15.8 Å². The number of nitriles is 1. The van der Waals surface area contributed by atoms with Crippen LogP contribution in [0.3, 0.4) is 0 Å². The monoisotopic (exact) mass is 468 g/mol. The zero-order valence-corrected chi connectivity index (χ0v) is 18.4. The summed E-state index contributed by atoms with van der Waals surface area (Å²) in [6, 6.07) is 4.36. The summed E-state index contributed by atoms with van der Waals surface area (Å²) < 4.78 is 33.8. The van der Waals surface area contributed by atoms with Gasteiger partial charge in [-0.15, -0.1) is 6.42 Å². The van der Waals surface area contributed by atoms with E-state index in [9.17, 15) is 18.8 Å². The summed E-state index contributed by atoms with van der Waals surface area (Å²) >= 11 is 1.13. The highest BCUT2D eigenvalue weighted by molar-refractivity contribution is 8.15. The largest absolute Gasteiger partial charge is 0.460 e. The van der Waals surface area contributed by atoms with Crippen molar-refractivity contribution in [2.75, 3.05) is 5.32 Å². The van der Waals surface area contributed by atoms with Crippen LogP contribution in [0.5, 0.6) is 5.88 Å². The Balaban J connectivity index is 1.61. The van der Waals surface area contributed by atoms with E-state index in [4.69, 9.17) is 16.9 Å². The minimum Gasteiger partial charge on any atom is -0.460 e. The maximum Gasteiger partial charge on any atom is 0.275 e. The van der Waals surface area contributed by atoms with E-state index in [-0.39, 0.29) is 33.9 Å². The van der Waals surface area contributed by atoms with E-state index in [0.29, 0.717) is 6.42 Å². The van der Waals surface area contributed by atoms with Gasteiger partial charge in [0.1, 0.15) is 10.4 Å². The van der Waals surface area contributed by atoms with E-state index in [1.165, 1.54) is 18.5 Å². The molecule has 1 unspecified atom stereocenters. The Morgan fingerprint density at radius 3 is 2.82 bits per heavy atom. The van der Waals surface area contributed by atoms with Crippen molar-refractivity contribution in [2.45, 2.75) is 36.7 Å². The topological polar surface area (TPSA) is 126 Å². The van der Waals surface area contributed by atoms with Crippen LogP contribution in [0.2, 0.25) is 0 Å². The molecule has 1 fully saturated rings. The first-order chi connectivity index (χ1) is 15.6. The van der Waals surface area contributed by atoms with Crippen LogP contribution in [0.25, 0.3) is 0 Å². The van der Waals surface area contributed by atoms with Crippen LogP contribution < -0.4 is 15.8 Å². The molecule has 1 saturated carbocycles. The van der Waals surface area contributed by atoms with Gasteiger partial charge in [-0.25, -0.2) is 18.7 Å². The lowest BCUT2D eigenvalue weighted by Gasteiger charge is -2.32. The number of ether oxygens (including phenoxy) is 1. The Kier molecular flexibility index (Phi) is 5.46. The highest BCUT2D eigenvalue weighted by Crippen LogP contribution is 2.65. The highest BCUT2D eigenvalue weighted by atomic mass is 32.2. The lowest BCUT2D eigenvalue weighted by Crippen LogP contribution is -2.35. The molecule has 0 spiro atoms. The molecule has 0 saturated heterocycles. The summed E-state index contributed by atoms with van der Waals surface area (Å²) in [5, 5.41) is 12.2. The van der Waals surface area contributed by atoms with Gasteiger partial charge in [-0.3, -0.25) is 9.79 Å². The smallest absolute Gasteiger partial charge is 0.275 e. The van der Waals surface area contributed by atoms with E-state index in [1.54, 1.807) is 13.8 Å². The van der Waals surface area contributed by atoms with Crippen molar-refractivity contribution < 1.29 is 18.3 Å². The number of thioether (sulfide) groups is 1. The molecule has 168 valence electrons. The molecule has 33 heavy (non-hydrogen) atoms. The predicted molar refractivity (Wildman–Crippen MR) is 118 cm³/mol. The van der Waals surface area contributed by atoms with Crippen molar-refractivity contribution in [3.63, 3.8) is 0 Å². The Labute approximate surface area is 192 Å². The van der Waals surface area contributed by atoms with Crippen LogP contribution in [0.15, 0.2) is 29.5 Å². The summed E-state index contributed by atoms with van der Waals surface area (Å²) in [6.45, 7) is 3.25.